The molecule has 2 aromatic rings. The van der Waals surface area contributed by atoms with Gasteiger partial charge in [0.15, 0.2) is 0 Å². The minimum Gasteiger partial charge on any atom is -0.300 e. The minimum atomic E-state index is 0.0612. The first kappa shape index (κ1) is 11.6. The number of hydrogen-bond donors (Lipinski definition) is 0. The smallest absolute Gasteiger partial charge is 0.300 e. The topological polar surface area (TPSA) is 39.8 Å². The van der Waals surface area contributed by atoms with Crippen LogP contribution in [-0.4, -0.2) is 14.3 Å². The van der Waals surface area contributed by atoms with Gasteiger partial charge in [0.1, 0.15) is 0 Å². The molecule has 0 saturated carbocycles. The standard InChI is InChI=1S/C10H12BrN3OS/c1-3-7-9(11)8(13(2)12-7)6-14-4-5-16-10(14)15/h4-5H,3,6H2,1-2H3. The predicted octanol–water partition coefficient (Wildman–Crippen LogP) is 2.02. The highest BCUT2D eigenvalue weighted by Gasteiger charge is 2.13. The first-order chi connectivity index (χ1) is 7.63. The van der Waals surface area contributed by atoms with Crippen molar-refractivity contribution in [2.75, 3.05) is 0 Å². The van der Waals surface area contributed by atoms with Gasteiger partial charge in [0.05, 0.1) is 22.4 Å². The molecule has 0 fully saturated rings. The Morgan fingerprint density at radius 3 is 2.81 bits per heavy atom. The van der Waals surface area contributed by atoms with Crippen LogP contribution < -0.4 is 4.87 Å². The molecule has 0 bridgehead atoms. The SMILES string of the molecule is CCc1nn(C)c(Cn2ccsc2=O)c1Br. The monoisotopic (exact) mass is 301 g/mol. The Labute approximate surface area is 106 Å². The van der Waals surface area contributed by atoms with Gasteiger partial charge in [-0.3, -0.25) is 14.0 Å². The van der Waals surface area contributed by atoms with Crippen LogP contribution in [0.2, 0.25) is 0 Å². The number of aryl methyl sites for hydroxylation is 2. The lowest BCUT2D eigenvalue weighted by atomic mass is 10.3. The Balaban J connectivity index is 2.38. The minimum absolute atomic E-state index is 0.0612. The molecule has 0 N–H and O–H groups in total. The maximum absolute atomic E-state index is 11.5. The number of hydrogen-bond acceptors (Lipinski definition) is 3. The van der Waals surface area contributed by atoms with Crippen molar-refractivity contribution in [3.63, 3.8) is 0 Å². The van der Waals surface area contributed by atoms with Crippen LogP contribution in [0.25, 0.3) is 0 Å². The maximum atomic E-state index is 11.5. The van der Waals surface area contributed by atoms with Gasteiger partial charge in [0.2, 0.25) is 0 Å². The van der Waals surface area contributed by atoms with Crippen molar-refractivity contribution in [2.24, 2.45) is 7.05 Å². The van der Waals surface area contributed by atoms with Gasteiger partial charge >= 0.3 is 4.87 Å². The number of halogens is 1. The number of nitrogens with zero attached hydrogens (tertiary/aromatic N) is 3. The zero-order chi connectivity index (χ0) is 11.7. The molecule has 0 radical (unpaired) electrons. The molecule has 0 aliphatic carbocycles. The summed E-state index contributed by atoms with van der Waals surface area (Å²) in [7, 11) is 1.90. The summed E-state index contributed by atoms with van der Waals surface area (Å²) in [4.78, 5) is 11.5. The van der Waals surface area contributed by atoms with Gasteiger partial charge in [0, 0.05) is 18.6 Å². The fourth-order valence-corrected chi connectivity index (χ4v) is 2.89. The molecule has 2 rings (SSSR count). The van der Waals surface area contributed by atoms with E-state index >= 15 is 0 Å². The highest BCUT2D eigenvalue weighted by Crippen LogP contribution is 2.22. The molecule has 86 valence electrons. The summed E-state index contributed by atoms with van der Waals surface area (Å²) in [5.74, 6) is 0. The summed E-state index contributed by atoms with van der Waals surface area (Å²) in [5, 5.41) is 6.20. The van der Waals surface area contributed by atoms with E-state index in [1.165, 1.54) is 11.3 Å². The number of thiazole rings is 1. The Kier molecular flexibility index (Phi) is 3.30. The van der Waals surface area contributed by atoms with Crippen LogP contribution in [0.1, 0.15) is 18.3 Å². The molecular formula is C10H12BrN3OS. The molecule has 0 aliphatic heterocycles. The highest BCUT2D eigenvalue weighted by molar-refractivity contribution is 9.10. The zero-order valence-electron chi connectivity index (χ0n) is 9.11. The van der Waals surface area contributed by atoms with Crippen LogP contribution in [0.15, 0.2) is 20.8 Å². The van der Waals surface area contributed by atoms with Gasteiger partial charge in [-0.25, -0.2) is 0 Å². The van der Waals surface area contributed by atoms with Gasteiger partial charge in [-0.2, -0.15) is 5.10 Å². The van der Waals surface area contributed by atoms with E-state index in [4.69, 9.17) is 0 Å². The summed E-state index contributed by atoms with van der Waals surface area (Å²) in [6.07, 6.45) is 2.69. The van der Waals surface area contributed by atoms with Crippen LogP contribution in [0.5, 0.6) is 0 Å². The van der Waals surface area contributed by atoms with E-state index in [1.54, 1.807) is 16.1 Å². The quantitative estimate of drug-likeness (QED) is 0.870. The van der Waals surface area contributed by atoms with Crippen LogP contribution in [0, 0.1) is 0 Å². The number of aromatic nitrogens is 3. The second kappa shape index (κ2) is 4.55. The molecule has 6 heteroatoms. The summed E-state index contributed by atoms with van der Waals surface area (Å²) < 4.78 is 4.52. The van der Waals surface area contributed by atoms with Crippen molar-refractivity contribution in [2.45, 2.75) is 19.9 Å². The third-order valence-electron chi connectivity index (χ3n) is 2.47. The first-order valence-corrected chi connectivity index (χ1v) is 6.65. The Hall–Kier alpha value is -0.880. The normalized spacial score (nSPS) is 10.9. The van der Waals surface area contributed by atoms with E-state index < -0.39 is 0 Å². The molecule has 0 atom stereocenters. The molecule has 0 unspecified atom stereocenters. The second-order valence-electron chi connectivity index (χ2n) is 3.48. The lowest BCUT2D eigenvalue weighted by Crippen LogP contribution is -2.15. The molecule has 2 aromatic heterocycles. The third kappa shape index (κ3) is 1.99. The van der Waals surface area contributed by atoms with Crippen molar-refractivity contribution < 1.29 is 0 Å². The van der Waals surface area contributed by atoms with E-state index in [0.29, 0.717) is 6.54 Å². The maximum Gasteiger partial charge on any atom is 0.307 e. The summed E-state index contributed by atoms with van der Waals surface area (Å²) in [6.45, 7) is 2.63. The molecule has 2 heterocycles. The van der Waals surface area contributed by atoms with Gasteiger partial charge in [-0.1, -0.05) is 18.3 Å². The van der Waals surface area contributed by atoms with Gasteiger partial charge < -0.3 is 0 Å². The zero-order valence-corrected chi connectivity index (χ0v) is 11.5. The molecule has 4 nitrogen and oxygen atoms in total. The molecule has 0 amide bonds. The molecular weight excluding hydrogens is 290 g/mol. The highest BCUT2D eigenvalue weighted by atomic mass is 79.9. The van der Waals surface area contributed by atoms with Crippen molar-refractivity contribution in [3.05, 3.63) is 37.1 Å². The molecule has 0 aromatic carbocycles. The third-order valence-corrected chi connectivity index (χ3v) is 4.08. The Morgan fingerprint density at radius 2 is 2.31 bits per heavy atom. The summed E-state index contributed by atoms with van der Waals surface area (Å²) in [6, 6.07) is 0. The summed E-state index contributed by atoms with van der Waals surface area (Å²) >= 11 is 4.75. The molecule has 16 heavy (non-hydrogen) atoms. The van der Waals surface area contributed by atoms with E-state index in [-0.39, 0.29) is 4.87 Å². The lowest BCUT2D eigenvalue weighted by Gasteiger charge is -2.02. The van der Waals surface area contributed by atoms with E-state index in [2.05, 4.69) is 28.0 Å². The van der Waals surface area contributed by atoms with E-state index in [9.17, 15) is 4.79 Å². The average Bonchev–Trinajstić information content (AvgIpc) is 2.77. The number of rotatable bonds is 3. The van der Waals surface area contributed by atoms with Crippen molar-refractivity contribution in [1.82, 2.24) is 14.3 Å². The van der Waals surface area contributed by atoms with Crippen LogP contribution >= 0.6 is 27.3 Å². The predicted molar refractivity (Wildman–Crippen MR) is 68.0 cm³/mol. The molecule has 0 spiro atoms. The van der Waals surface area contributed by atoms with Crippen molar-refractivity contribution in [3.8, 4) is 0 Å². The summed E-state index contributed by atoms with van der Waals surface area (Å²) in [5.41, 5.74) is 2.05. The fourth-order valence-electron chi connectivity index (χ4n) is 1.56. The van der Waals surface area contributed by atoms with E-state index in [1.807, 2.05) is 11.7 Å². The first-order valence-electron chi connectivity index (χ1n) is 4.97. The second-order valence-corrected chi connectivity index (χ2v) is 5.13. The van der Waals surface area contributed by atoms with Crippen molar-refractivity contribution in [1.29, 1.82) is 0 Å². The van der Waals surface area contributed by atoms with Crippen molar-refractivity contribution >= 4 is 27.3 Å². The molecule has 0 aliphatic rings. The van der Waals surface area contributed by atoms with Gasteiger partial charge in [-0.05, 0) is 22.4 Å². The Bertz CT molecular complexity index is 555. The average molecular weight is 302 g/mol. The van der Waals surface area contributed by atoms with E-state index in [0.717, 1.165) is 22.3 Å². The largest absolute Gasteiger partial charge is 0.307 e. The lowest BCUT2D eigenvalue weighted by molar-refractivity contribution is 0.655. The van der Waals surface area contributed by atoms with Crippen LogP contribution in [-0.2, 0) is 20.0 Å². The Morgan fingerprint density at radius 1 is 1.56 bits per heavy atom. The fraction of sp³-hybridized carbons (Fsp3) is 0.400. The molecule has 0 saturated heterocycles. The van der Waals surface area contributed by atoms with Crippen LogP contribution in [0.3, 0.4) is 0 Å². The van der Waals surface area contributed by atoms with Gasteiger partial charge in [0.25, 0.3) is 0 Å². The van der Waals surface area contributed by atoms with Crippen LogP contribution in [0.4, 0.5) is 0 Å². The van der Waals surface area contributed by atoms with Gasteiger partial charge in [-0.15, -0.1) is 0 Å².